The van der Waals surface area contributed by atoms with Crippen molar-refractivity contribution in [2.75, 3.05) is 0 Å². The van der Waals surface area contributed by atoms with Gasteiger partial charge in [-0.15, -0.1) is 0 Å². The monoisotopic (exact) mass is 391 g/mol. The highest BCUT2D eigenvalue weighted by Gasteiger charge is 2.52. The van der Waals surface area contributed by atoms with Gasteiger partial charge in [-0.1, -0.05) is 94.8 Å². The number of hydrogen-bond donors (Lipinski definition) is 0. The first-order valence-corrected chi connectivity index (χ1v) is 12.4. The molecule has 0 aliphatic heterocycles. The summed E-state index contributed by atoms with van der Waals surface area (Å²) in [7, 11) is -2.51. The fourth-order valence-corrected chi connectivity index (χ4v) is 9.62. The molecule has 0 radical (unpaired) electrons. The minimum absolute atomic E-state index is 0.00121. The lowest BCUT2D eigenvalue weighted by Crippen LogP contribution is -2.68. The van der Waals surface area contributed by atoms with Crippen LogP contribution in [-0.4, -0.2) is 14.4 Å². The Morgan fingerprint density at radius 1 is 1.04 bits per heavy atom. The zero-order chi connectivity index (χ0) is 20.3. The van der Waals surface area contributed by atoms with Crippen molar-refractivity contribution in [3.8, 4) is 6.07 Å². The molecule has 3 heteroatoms. The van der Waals surface area contributed by atoms with E-state index in [2.05, 4.69) is 94.4 Å². The molecule has 1 saturated carbocycles. The highest BCUT2D eigenvalue weighted by atomic mass is 28.4. The Labute approximate surface area is 171 Å². The second-order valence-corrected chi connectivity index (χ2v) is 13.9. The van der Waals surface area contributed by atoms with E-state index < -0.39 is 8.32 Å². The number of hydrogen-bond acceptors (Lipinski definition) is 2. The molecule has 2 aromatic carbocycles. The summed E-state index contributed by atoms with van der Waals surface area (Å²) in [5.74, 6) is 0. The molecule has 2 aromatic rings. The zero-order valence-electron chi connectivity index (χ0n) is 17.7. The van der Waals surface area contributed by atoms with Crippen LogP contribution in [0.15, 0.2) is 60.7 Å². The van der Waals surface area contributed by atoms with Crippen molar-refractivity contribution >= 4 is 18.7 Å². The second kappa shape index (κ2) is 8.23. The van der Waals surface area contributed by atoms with Crippen molar-refractivity contribution in [1.29, 1.82) is 5.26 Å². The van der Waals surface area contributed by atoms with Crippen LogP contribution in [0, 0.1) is 16.7 Å². The molecule has 0 heterocycles. The minimum atomic E-state index is -2.51. The molecular weight excluding hydrogens is 358 g/mol. The van der Waals surface area contributed by atoms with E-state index in [0.29, 0.717) is 6.42 Å². The van der Waals surface area contributed by atoms with Gasteiger partial charge in [0.25, 0.3) is 8.32 Å². The first-order valence-electron chi connectivity index (χ1n) is 10.5. The van der Waals surface area contributed by atoms with Crippen LogP contribution in [0.1, 0.15) is 59.8 Å². The Hall–Kier alpha value is -1.89. The number of benzene rings is 2. The van der Waals surface area contributed by atoms with Gasteiger partial charge in [0, 0.05) is 12.5 Å². The molecule has 2 nitrogen and oxygen atoms in total. The highest BCUT2D eigenvalue weighted by Crippen LogP contribution is 2.44. The van der Waals surface area contributed by atoms with Crippen molar-refractivity contribution in [1.82, 2.24) is 0 Å². The van der Waals surface area contributed by atoms with Crippen molar-refractivity contribution in [3.63, 3.8) is 0 Å². The van der Waals surface area contributed by atoms with E-state index >= 15 is 0 Å². The lowest BCUT2D eigenvalue weighted by atomic mass is 9.73. The van der Waals surface area contributed by atoms with Gasteiger partial charge in [0.2, 0.25) is 0 Å². The largest absolute Gasteiger partial charge is 0.404 e. The van der Waals surface area contributed by atoms with Gasteiger partial charge >= 0.3 is 0 Å². The van der Waals surface area contributed by atoms with Crippen LogP contribution in [0.4, 0.5) is 0 Å². The molecule has 0 N–H and O–H groups in total. The average Bonchev–Trinajstić information content (AvgIpc) is 2.66. The molecule has 1 fully saturated rings. The van der Waals surface area contributed by atoms with E-state index in [1.807, 2.05) is 0 Å². The number of rotatable bonds is 5. The SMILES string of the molecule is CC1(CC#N)CCCC(O[Si](c2ccccc2)(c2ccccc2)C(C)(C)C)C1. The normalized spacial score (nSPS) is 23.2. The van der Waals surface area contributed by atoms with E-state index in [1.165, 1.54) is 10.4 Å². The maximum atomic E-state index is 9.31. The molecule has 1 aliphatic carbocycles. The summed E-state index contributed by atoms with van der Waals surface area (Å²) in [6.07, 6.45) is 5.16. The van der Waals surface area contributed by atoms with Crippen LogP contribution >= 0.6 is 0 Å². The second-order valence-electron chi connectivity index (χ2n) is 9.65. The Kier molecular flexibility index (Phi) is 6.12. The summed E-state index contributed by atoms with van der Waals surface area (Å²) in [5.41, 5.74) is 0.0725. The maximum Gasteiger partial charge on any atom is 0.261 e. The minimum Gasteiger partial charge on any atom is -0.404 e. The highest BCUT2D eigenvalue weighted by molar-refractivity contribution is 6.99. The van der Waals surface area contributed by atoms with Gasteiger partial charge < -0.3 is 4.43 Å². The molecule has 2 unspecified atom stereocenters. The summed E-state index contributed by atoms with van der Waals surface area (Å²) < 4.78 is 7.29. The third-order valence-corrected chi connectivity index (χ3v) is 11.4. The third kappa shape index (κ3) is 4.09. The predicted octanol–water partition coefficient (Wildman–Crippen LogP) is 5.43. The lowest BCUT2D eigenvalue weighted by Gasteiger charge is -2.47. The van der Waals surface area contributed by atoms with E-state index in [0.717, 1.165) is 25.7 Å². The Morgan fingerprint density at radius 2 is 1.57 bits per heavy atom. The average molecular weight is 392 g/mol. The van der Waals surface area contributed by atoms with E-state index in [1.54, 1.807) is 0 Å². The summed E-state index contributed by atoms with van der Waals surface area (Å²) in [6, 6.07) is 24.1. The zero-order valence-corrected chi connectivity index (χ0v) is 18.7. The number of nitrogens with zero attached hydrogens (tertiary/aromatic N) is 1. The van der Waals surface area contributed by atoms with Crippen molar-refractivity contribution in [2.24, 2.45) is 5.41 Å². The van der Waals surface area contributed by atoms with Crippen LogP contribution in [0.25, 0.3) is 0 Å². The number of nitriles is 1. The molecule has 28 heavy (non-hydrogen) atoms. The first kappa shape index (κ1) is 20.8. The van der Waals surface area contributed by atoms with Gasteiger partial charge in [0.15, 0.2) is 0 Å². The third-order valence-electron chi connectivity index (χ3n) is 6.29. The van der Waals surface area contributed by atoms with Crippen LogP contribution < -0.4 is 10.4 Å². The topological polar surface area (TPSA) is 33.0 Å². The van der Waals surface area contributed by atoms with Gasteiger partial charge in [-0.3, -0.25) is 0 Å². The van der Waals surface area contributed by atoms with E-state index in [9.17, 15) is 5.26 Å². The summed E-state index contributed by atoms with van der Waals surface area (Å²) in [4.78, 5) is 0. The lowest BCUT2D eigenvalue weighted by molar-refractivity contribution is 0.0697. The van der Waals surface area contributed by atoms with Crippen molar-refractivity contribution in [2.45, 2.75) is 70.9 Å². The molecule has 0 aromatic heterocycles. The molecule has 0 spiro atoms. The van der Waals surface area contributed by atoms with Crippen molar-refractivity contribution in [3.05, 3.63) is 60.7 Å². The molecule has 1 aliphatic rings. The first-order chi connectivity index (χ1) is 13.3. The van der Waals surface area contributed by atoms with Crippen LogP contribution in [0.5, 0.6) is 0 Å². The smallest absolute Gasteiger partial charge is 0.261 e. The van der Waals surface area contributed by atoms with Gasteiger partial charge in [-0.2, -0.15) is 5.26 Å². The Bertz CT molecular complexity index is 766. The summed E-state index contributed by atoms with van der Waals surface area (Å²) in [6.45, 7) is 9.25. The standard InChI is InChI=1S/C25H33NOSi/c1-24(2,3)28(22-13-7-5-8-14-22,23-15-9-6-10-16-23)27-21-12-11-17-25(4,20-21)18-19-26/h5-10,13-16,21H,11-12,17-18,20H2,1-4H3. The summed E-state index contributed by atoms with van der Waals surface area (Å²) in [5, 5.41) is 12.0. The molecular formula is C25H33NOSi. The van der Waals surface area contributed by atoms with Gasteiger partial charge in [-0.25, -0.2) is 0 Å². The van der Waals surface area contributed by atoms with Gasteiger partial charge in [-0.05, 0) is 40.1 Å². The van der Waals surface area contributed by atoms with Crippen molar-refractivity contribution < 1.29 is 4.43 Å². The quantitative estimate of drug-likeness (QED) is 0.637. The predicted molar refractivity (Wildman–Crippen MR) is 119 cm³/mol. The Morgan fingerprint density at radius 3 is 2.04 bits per heavy atom. The van der Waals surface area contributed by atoms with E-state index in [4.69, 9.17) is 4.43 Å². The van der Waals surface area contributed by atoms with E-state index in [-0.39, 0.29) is 16.6 Å². The van der Waals surface area contributed by atoms with Gasteiger partial charge in [0.05, 0.1) is 6.07 Å². The summed E-state index contributed by atoms with van der Waals surface area (Å²) >= 11 is 0. The van der Waals surface area contributed by atoms with Crippen LogP contribution in [0.3, 0.4) is 0 Å². The molecule has 2 atom stereocenters. The van der Waals surface area contributed by atoms with Crippen LogP contribution in [-0.2, 0) is 4.43 Å². The Balaban J connectivity index is 2.08. The van der Waals surface area contributed by atoms with Gasteiger partial charge in [0.1, 0.15) is 0 Å². The molecule has 148 valence electrons. The fraction of sp³-hybridized carbons (Fsp3) is 0.480. The molecule has 0 bridgehead atoms. The maximum absolute atomic E-state index is 9.31. The molecule has 0 amide bonds. The van der Waals surface area contributed by atoms with Crippen LogP contribution in [0.2, 0.25) is 5.04 Å². The molecule has 3 rings (SSSR count). The fourth-order valence-electron chi connectivity index (χ4n) is 4.90. The molecule has 0 saturated heterocycles.